The van der Waals surface area contributed by atoms with Crippen LogP contribution in [0.4, 0.5) is 0 Å². The van der Waals surface area contributed by atoms with E-state index >= 15 is 0 Å². The lowest BCUT2D eigenvalue weighted by atomic mass is 9.89. The average Bonchev–Trinajstić information content (AvgIpc) is 3.34. The van der Waals surface area contributed by atoms with Gasteiger partial charge in [-0.2, -0.15) is 11.3 Å². The van der Waals surface area contributed by atoms with E-state index in [-0.39, 0.29) is 17.5 Å². The summed E-state index contributed by atoms with van der Waals surface area (Å²) in [7, 11) is 0. The Morgan fingerprint density at radius 2 is 2.07 bits per heavy atom. The summed E-state index contributed by atoms with van der Waals surface area (Å²) in [5.41, 5.74) is 4.03. The van der Waals surface area contributed by atoms with Gasteiger partial charge in [-0.05, 0) is 46.4 Å². The lowest BCUT2D eigenvalue weighted by Gasteiger charge is -2.31. The van der Waals surface area contributed by atoms with Crippen LogP contribution >= 0.6 is 11.3 Å². The fourth-order valence-corrected chi connectivity index (χ4v) is 4.86. The first-order valence-electron chi connectivity index (χ1n) is 9.52. The van der Waals surface area contributed by atoms with E-state index in [0.29, 0.717) is 11.5 Å². The molecule has 0 radical (unpaired) electrons. The standard InChI is InChI=1S/C23H19NO4S/c1-12(2)18-8-16-15-4-3-13(14-5-6-29-11-14)7-21(15)28-22(16)19-9-20(25)17(23(26)27)10-24(18)19/h3-7,9-12,18H,8H2,1-2H3,(H,26,27)/t18-/m0/s1. The number of hydrogen-bond donors (Lipinski definition) is 1. The maximum Gasteiger partial charge on any atom is 0.341 e. The fraction of sp³-hybridized carbons (Fsp3) is 0.217. The monoisotopic (exact) mass is 405 g/mol. The summed E-state index contributed by atoms with van der Waals surface area (Å²) in [6.45, 7) is 4.21. The lowest BCUT2D eigenvalue weighted by Crippen LogP contribution is -2.27. The number of aromatic carboxylic acids is 1. The van der Waals surface area contributed by atoms with E-state index in [9.17, 15) is 14.7 Å². The Bertz CT molecular complexity index is 1310. The Hall–Kier alpha value is -3.12. The maximum atomic E-state index is 12.4. The van der Waals surface area contributed by atoms with E-state index in [1.165, 1.54) is 12.3 Å². The predicted molar refractivity (Wildman–Crippen MR) is 114 cm³/mol. The molecule has 1 N–H and O–H groups in total. The number of pyridine rings is 1. The van der Waals surface area contributed by atoms with Crippen molar-refractivity contribution < 1.29 is 14.3 Å². The third-order valence-electron chi connectivity index (χ3n) is 5.73. The molecule has 29 heavy (non-hydrogen) atoms. The largest absolute Gasteiger partial charge is 0.477 e. The minimum absolute atomic E-state index is 0.0496. The van der Waals surface area contributed by atoms with Crippen molar-refractivity contribution in [1.29, 1.82) is 0 Å². The van der Waals surface area contributed by atoms with Gasteiger partial charge in [0.2, 0.25) is 0 Å². The highest BCUT2D eigenvalue weighted by molar-refractivity contribution is 7.08. The molecule has 0 aliphatic carbocycles. The normalized spacial score (nSPS) is 15.5. The summed E-state index contributed by atoms with van der Waals surface area (Å²) in [5, 5.41) is 14.6. The molecule has 3 aromatic heterocycles. The molecule has 6 heteroatoms. The van der Waals surface area contributed by atoms with Crippen LogP contribution in [-0.2, 0) is 6.42 Å². The molecule has 0 saturated carbocycles. The lowest BCUT2D eigenvalue weighted by molar-refractivity contribution is 0.0694. The van der Waals surface area contributed by atoms with Crippen molar-refractivity contribution in [1.82, 2.24) is 4.57 Å². The number of furan rings is 1. The number of hydrogen-bond acceptors (Lipinski definition) is 4. The Morgan fingerprint density at radius 3 is 2.76 bits per heavy atom. The van der Waals surface area contributed by atoms with Crippen molar-refractivity contribution in [2.45, 2.75) is 26.3 Å². The van der Waals surface area contributed by atoms with E-state index < -0.39 is 11.4 Å². The van der Waals surface area contributed by atoms with Crippen molar-refractivity contribution in [2.75, 3.05) is 0 Å². The van der Waals surface area contributed by atoms with E-state index in [4.69, 9.17) is 4.42 Å². The predicted octanol–water partition coefficient (Wildman–Crippen LogP) is 5.44. The molecule has 5 rings (SSSR count). The molecular weight excluding hydrogens is 386 g/mol. The number of carboxylic acids is 1. The van der Waals surface area contributed by atoms with Crippen LogP contribution in [0.25, 0.3) is 33.6 Å². The van der Waals surface area contributed by atoms with Gasteiger partial charge in [-0.25, -0.2) is 4.79 Å². The minimum Gasteiger partial charge on any atom is -0.477 e. The Labute approximate surface area is 170 Å². The van der Waals surface area contributed by atoms with Gasteiger partial charge in [0.15, 0.2) is 11.2 Å². The van der Waals surface area contributed by atoms with Gasteiger partial charge in [-0.15, -0.1) is 0 Å². The van der Waals surface area contributed by atoms with Crippen LogP contribution in [0.1, 0.15) is 35.8 Å². The second kappa shape index (κ2) is 6.46. The number of fused-ring (bicyclic) bond motifs is 5. The molecule has 1 aliphatic heterocycles. The first kappa shape index (κ1) is 17.9. The van der Waals surface area contributed by atoms with Crippen LogP contribution in [0.5, 0.6) is 0 Å². The summed E-state index contributed by atoms with van der Waals surface area (Å²) in [5.74, 6) is -0.280. The second-order valence-corrected chi connectivity index (χ2v) is 8.58. The molecule has 0 saturated heterocycles. The molecule has 1 atom stereocenters. The van der Waals surface area contributed by atoms with Gasteiger partial charge in [-0.3, -0.25) is 4.79 Å². The minimum atomic E-state index is -1.20. The SMILES string of the molecule is CC(C)[C@@H]1Cc2c(oc3cc(-c4ccsc4)ccc23)-c2cc(=O)c(C(=O)O)cn21. The summed E-state index contributed by atoms with van der Waals surface area (Å²) < 4.78 is 8.14. The molecule has 146 valence electrons. The number of carbonyl (C=O) groups is 1. The number of rotatable bonds is 3. The van der Waals surface area contributed by atoms with Crippen LogP contribution in [0.15, 0.2) is 56.5 Å². The van der Waals surface area contributed by atoms with Crippen LogP contribution < -0.4 is 5.43 Å². The number of benzene rings is 1. The molecule has 1 aliphatic rings. The van der Waals surface area contributed by atoms with Crippen LogP contribution in [-0.4, -0.2) is 15.6 Å². The van der Waals surface area contributed by atoms with Gasteiger partial charge in [0.1, 0.15) is 11.1 Å². The smallest absolute Gasteiger partial charge is 0.341 e. The zero-order valence-corrected chi connectivity index (χ0v) is 16.8. The van der Waals surface area contributed by atoms with E-state index in [1.807, 2.05) is 16.0 Å². The summed E-state index contributed by atoms with van der Waals surface area (Å²) in [6.07, 6.45) is 2.20. The highest BCUT2D eigenvalue weighted by atomic mass is 32.1. The zero-order valence-electron chi connectivity index (χ0n) is 16.0. The van der Waals surface area contributed by atoms with Gasteiger partial charge in [0.05, 0.1) is 5.69 Å². The number of carboxylic acid groups (broad SMARTS) is 1. The van der Waals surface area contributed by atoms with Crippen molar-refractivity contribution in [3.8, 4) is 22.6 Å². The topological polar surface area (TPSA) is 72.4 Å². The molecule has 0 spiro atoms. The van der Waals surface area contributed by atoms with Crippen molar-refractivity contribution in [3.05, 3.63) is 68.6 Å². The van der Waals surface area contributed by atoms with Gasteiger partial charge in [-0.1, -0.05) is 26.0 Å². The average molecular weight is 405 g/mol. The quantitative estimate of drug-likeness (QED) is 0.492. The molecule has 5 nitrogen and oxygen atoms in total. The fourth-order valence-electron chi connectivity index (χ4n) is 4.20. The van der Waals surface area contributed by atoms with Gasteiger partial charge in [0, 0.05) is 29.3 Å². The molecule has 4 heterocycles. The number of thiophene rings is 1. The van der Waals surface area contributed by atoms with Gasteiger partial charge >= 0.3 is 5.97 Å². The molecule has 0 amide bonds. The number of nitrogens with zero attached hydrogens (tertiary/aromatic N) is 1. The number of aromatic nitrogens is 1. The second-order valence-electron chi connectivity index (χ2n) is 7.80. The summed E-state index contributed by atoms with van der Waals surface area (Å²) >= 11 is 1.65. The third-order valence-corrected chi connectivity index (χ3v) is 6.41. The molecule has 1 aromatic carbocycles. The van der Waals surface area contributed by atoms with Crippen molar-refractivity contribution in [2.24, 2.45) is 5.92 Å². The van der Waals surface area contributed by atoms with E-state index in [1.54, 1.807) is 11.3 Å². The molecule has 0 unspecified atom stereocenters. The Morgan fingerprint density at radius 1 is 1.24 bits per heavy atom. The molecule has 4 aromatic rings. The zero-order chi connectivity index (χ0) is 20.3. The molecular formula is C23H19NO4S. The summed E-state index contributed by atoms with van der Waals surface area (Å²) in [6, 6.07) is 9.74. The highest BCUT2D eigenvalue weighted by Crippen LogP contribution is 2.43. The van der Waals surface area contributed by atoms with Crippen molar-refractivity contribution >= 4 is 28.3 Å². The van der Waals surface area contributed by atoms with Crippen LogP contribution in [0.3, 0.4) is 0 Å². The third kappa shape index (κ3) is 2.75. The van der Waals surface area contributed by atoms with Crippen molar-refractivity contribution in [3.63, 3.8) is 0 Å². The van der Waals surface area contributed by atoms with E-state index in [2.05, 4.69) is 37.4 Å². The van der Waals surface area contributed by atoms with Gasteiger partial charge in [0.25, 0.3) is 0 Å². The summed E-state index contributed by atoms with van der Waals surface area (Å²) in [4.78, 5) is 23.9. The highest BCUT2D eigenvalue weighted by Gasteiger charge is 2.31. The molecule has 0 bridgehead atoms. The Kier molecular flexibility index (Phi) is 3.99. The van der Waals surface area contributed by atoms with Gasteiger partial charge < -0.3 is 14.1 Å². The first-order chi connectivity index (χ1) is 13.9. The maximum absolute atomic E-state index is 12.4. The Balaban J connectivity index is 1.76. The van der Waals surface area contributed by atoms with Crippen LogP contribution in [0.2, 0.25) is 0 Å². The molecule has 0 fully saturated rings. The van der Waals surface area contributed by atoms with E-state index in [0.717, 1.165) is 34.1 Å². The van der Waals surface area contributed by atoms with Crippen LogP contribution in [0, 0.1) is 5.92 Å². The first-order valence-corrected chi connectivity index (χ1v) is 10.5.